The molecule has 1 rings (SSSR count). The smallest absolute Gasteiger partial charge is 0.310 e. The number of nitrogens with zero attached hydrogens (tertiary/aromatic N) is 1. The summed E-state index contributed by atoms with van der Waals surface area (Å²) in [6.07, 6.45) is 0. The van der Waals surface area contributed by atoms with Gasteiger partial charge in [-0.25, -0.2) is 0 Å². The maximum atomic E-state index is 10.8. The van der Waals surface area contributed by atoms with Crippen LogP contribution in [0.25, 0.3) is 0 Å². The summed E-state index contributed by atoms with van der Waals surface area (Å²) in [5, 5.41) is 13.9. The number of benzene rings is 1. The van der Waals surface area contributed by atoms with Crippen LogP contribution in [0.2, 0.25) is 0 Å². The summed E-state index contributed by atoms with van der Waals surface area (Å²) >= 11 is 0. The largest absolute Gasteiger partial charge is 0.486 e. The molecule has 1 unspecified atom stereocenters. The van der Waals surface area contributed by atoms with E-state index in [2.05, 4.69) is 5.32 Å². The highest BCUT2D eigenvalue weighted by Gasteiger charge is 2.15. The van der Waals surface area contributed by atoms with Crippen molar-refractivity contribution < 1.29 is 9.66 Å². The molecule has 0 radical (unpaired) electrons. The van der Waals surface area contributed by atoms with Gasteiger partial charge in [-0.3, -0.25) is 10.1 Å². The molecule has 5 nitrogen and oxygen atoms in total. The van der Waals surface area contributed by atoms with Crippen LogP contribution >= 0.6 is 0 Å². The van der Waals surface area contributed by atoms with Crippen LogP contribution in [0.15, 0.2) is 18.2 Å². The topological polar surface area (TPSA) is 64.4 Å². The summed E-state index contributed by atoms with van der Waals surface area (Å²) in [5.41, 5.74) is 0.971. The molecule has 0 aliphatic rings. The summed E-state index contributed by atoms with van der Waals surface area (Å²) in [5.74, 6) is 0.651. The lowest BCUT2D eigenvalue weighted by Crippen LogP contribution is -2.21. The van der Waals surface area contributed by atoms with E-state index in [0.29, 0.717) is 18.3 Å². The van der Waals surface area contributed by atoms with E-state index >= 15 is 0 Å². The van der Waals surface area contributed by atoms with Gasteiger partial charge in [-0.05, 0) is 25.6 Å². The molecule has 0 aromatic heterocycles. The molecule has 0 spiro atoms. The van der Waals surface area contributed by atoms with Crippen molar-refractivity contribution in [2.75, 3.05) is 20.2 Å². The van der Waals surface area contributed by atoms with Crippen LogP contribution in [0, 0.1) is 23.0 Å². The van der Waals surface area contributed by atoms with Gasteiger partial charge in [0.2, 0.25) is 0 Å². The van der Waals surface area contributed by atoms with Gasteiger partial charge in [0.1, 0.15) is 0 Å². The summed E-state index contributed by atoms with van der Waals surface area (Å²) in [4.78, 5) is 10.4. The molecule has 0 aliphatic heterocycles. The van der Waals surface area contributed by atoms with E-state index in [1.54, 1.807) is 12.1 Å². The van der Waals surface area contributed by atoms with Crippen molar-refractivity contribution in [1.82, 2.24) is 5.32 Å². The summed E-state index contributed by atoms with van der Waals surface area (Å²) in [6, 6.07) is 4.89. The van der Waals surface area contributed by atoms with Crippen molar-refractivity contribution in [3.05, 3.63) is 33.9 Å². The number of nitro groups is 1. The number of rotatable bonds is 6. The van der Waals surface area contributed by atoms with E-state index in [4.69, 9.17) is 4.74 Å². The molecule has 0 heterocycles. The van der Waals surface area contributed by atoms with Gasteiger partial charge < -0.3 is 10.1 Å². The zero-order valence-electron chi connectivity index (χ0n) is 10.4. The Kier molecular flexibility index (Phi) is 4.90. The standard InChI is InChI=1S/C12H18N2O3/c1-9-4-5-11(14(15)16)12(6-9)17-8-10(2)7-13-3/h4-6,10,13H,7-8H2,1-3H3. The molecule has 0 saturated heterocycles. The minimum Gasteiger partial charge on any atom is -0.486 e. The van der Waals surface area contributed by atoms with Gasteiger partial charge in [-0.15, -0.1) is 0 Å². The lowest BCUT2D eigenvalue weighted by Gasteiger charge is -2.12. The third-order valence-corrected chi connectivity index (χ3v) is 2.39. The third-order valence-electron chi connectivity index (χ3n) is 2.39. The van der Waals surface area contributed by atoms with Crippen molar-refractivity contribution in [2.45, 2.75) is 13.8 Å². The molecular formula is C12H18N2O3. The Morgan fingerprint density at radius 2 is 2.24 bits per heavy atom. The third kappa shape index (κ3) is 4.03. The molecule has 1 aromatic carbocycles. The normalized spacial score (nSPS) is 12.2. The number of nitrogens with one attached hydrogen (secondary N) is 1. The Balaban J connectivity index is 2.75. The van der Waals surface area contributed by atoms with Gasteiger partial charge in [0.05, 0.1) is 11.5 Å². The predicted octanol–water partition coefficient (Wildman–Crippen LogP) is 2.14. The first-order valence-corrected chi connectivity index (χ1v) is 5.57. The molecule has 1 aromatic rings. The number of aryl methyl sites for hydroxylation is 1. The molecule has 0 saturated carbocycles. The molecule has 1 atom stereocenters. The first kappa shape index (κ1) is 13.4. The molecule has 0 amide bonds. The van der Waals surface area contributed by atoms with E-state index in [-0.39, 0.29) is 5.69 Å². The minimum absolute atomic E-state index is 0.0206. The van der Waals surface area contributed by atoms with Gasteiger partial charge in [0.25, 0.3) is 0 Å². The van der Waals surface area contributed by atoms with Crippen LogP contribution in [-0.4, -0.2) is 25.1 Å². The Labute approximate surface area is 101 Å². The van der Waals surface area contributed by atoms with E-state index in [1.807, 2.05) is 20.9 Å². The van der Waals surface area contributed by atoms with Crippen LogP contribution in [0.4, 0.5) is 5.69 Å². The highest BCUT2D eigenvalue weighted by Crippen LogP contribution is 2.27. The summed E-state index contributed by atoms with van der Waals surface area (Å²) in [7, 11) is 1.87. The van der Waals surface area contributed by atoms with Gasteiger partial charge in [0.15, 0.2) is 5.75 Å². The molecule has 94 valence electrons. The predicted molar refractivity (Wildman–Crippen MR) is 66.4 cm³/mol. The molecule has 0 bridgehead atoms. The highest BCUT2D eigenvalue weighted by molar-refractivity contribution is 5.48. The van der Waals surface area contributed by atoms with Gasteiger partial charge >= 0.3 is 5.69 Å². The Morgan fingerprint density at radius 1 is 1.53 bits per heavy atom. The molecule has 17 heavy (non-hydrogen) atoms. The van der Waals surface area contributed by atoms with E-state index in [9.17, 15) is 10.1 Å². The van der Waals surface area contributed by atoms with Gasteiger partial charge in [0, 0.05) is 18.5 Å². The second-order valence-electron chi connectivity index (χ2n) is 4.20. The van der Waals surface area contributed by atoms with Crippen molar-refractivity contribution in [1.29, 1.82) is 0 Å². The fraction of sp³-hybridized carbons (Fsp3) is 0.500. The Morgan fingerprint density at radius 3 is 2.82 bits per heavy atom. The van der Waals surface area contributed by atoms with E-state index in [0.717, 1.165) is 12.1 Å². The SMILES string of the molecule is CNCC(C)COc1cc(C)ccc1[N+](=O)[O-]. The summed E-state index contributed by atoms with van der Waals surface area (Å²) < 4.78 is 5.51. The number of nitro benzene ring substituents is 1. The highest BCUT2D eigenvalue weighted by atomic mass is 16.6. The quantitative estimate of drug-likeness (QED) is 0.609. The zero-order chi connectivity index (χ0) is 12.8. The number of ether oxygens (including phenoxy) is 1. The Bertz CT molecular complexity index is 393. The number of hydrogen-bond donors (Lipinski definition) is 1. The Hall–Kier alpha value is -1.62. The van der Waals surface area contributed by atoms with E-state index < -0.39 is 4.92 Å². The molecular weight excluding hydrogens is 220 g/mol. The van der Waals surface area contributed by atoms with Crippen molar-refractivity contribution >= 4 is 5.69 Å². The van der Waals surface area contributed by atoms with Gasteiger partial charge in [-0.1, -0.05) is 13.0 Å². The maximum absolute atomic E-state index is 10.8. The van der Waals surface area contributed by atoms with Crippen molar-refractivity contribution in [2.24, 2.45) is 5.92 Å². The van der Waals surface area contributed by atoms with Crippen LogP contribution < -0.4 is 10.1 Å². The fourth-order valence-electron chi connectivity index (χ4n) is 1.53. The van der Waals surface area contributed by atoms with Crippen LogP contribution in [-0.2, 0) is 0 Å². The van der Waals surface area contributed by atoms with Crippen LogP contribution in [0.3, 0.4) is 0 Å². The average molecular weight is 238 g/mol. The summed E-state index contributed by atoms with van der Waals surface area (Å²) in [6.45, 7) is 5.19. The second kappa shape index (κ2) is 6.20. The molecule has 0 aliphatic carbocycles. The lowest BCUT2D eigenvalue weighted by atomic mass is 10.2. The molecule has 0 fully saturated rings. The molecule has 5 heteroatoms. The first-order valence-electron chi connectivity index (χ1n) is 5.57. The lowest BCUT2D eigenvalue weighted by molar-refractivity contribution is -0.385. The van der Waals surface area contributed by atoms with Crippen LogP contribution in [0.5, 0.6) is 5.75 Å². The van der Waals surface area contributed by atoms with Gasteiger partial charge in [-0.2, -0.15) is 0 Å². The zero-order valence-corrected chi connectivity index (χ0v) is 10.4. The maximum Gasteiger partial charge on any atom is 0.310 e. The minimum atomic E-state index is -0.419. The van der Waals surface area contributed by atoms with Crippen LogP contribution in [0.1, 0.15) is 12.5 Å². The average Bonchev–Trinajstić information content (AvgIpc) is 2.26. The second-order valence-corrected chi connectivity index (χ2v) is 4.20. The van der Waals surface area contributed by atoms with E-state index in [1.165, 1.54) is 6.07 Å². The van der Waals surface area contributed by atoms with Crippen molar-refractivity contribution in [3.8, 4) is 5.75 Å². The fourth-order valence-corrected chi connectivity index (χ4v) is 1.53. The number of hydrogen-bond acceptors (Lipinski definition) is 4. The first-order chi connectivity index (χ1) is 8.04. The monoisotopic (exact) mass is 238 g/mol. The van der Waals surface area contributed by atoms with Crippen molar-refractivity contribution in [3.63, 3.8) is 0 Å². The molecule has 1 N–H and O–H groups in total.